The van der Waals surface area contributed by atoms with E-state index in [0.717, 1.165) is 16.4 Å². The van der Waals surface area contributed by atoms with Crippen LogP contribution in [0.3, 0.4) is 0 Å². The van der Waals surface area contributed by atoms with Crippen LogP contribution in [-0.2, 0) is 0 Å². The van der Waals surface area contributed by atoms with Gasteiger partial charge in [-0.1, -0.05) is 11.6 Å². The summed E-state index contributed by atoms with van der Waals surface area (Å²) in [5, 5.41) is 0.725. The van der Waals surface area contributed by atoms with Gasteiger partial charge < -0.3 is 4.40 Å². The van der Waals surface area contributed by atoms with Crippen molar-refractivity contribution in [3.63, 3.8) is 0 Å². The smallest absolute Gasteiger partial charge is 0.138 e. The molecule has 0 N–H and O–H groups in total. The molecule has 0 aromatic carbocycles. The van der Waals surface area contributed by atoms with Gasteiger partial charge in [0.15, 0.2) is 0 Å². The standard InChI is InChI=1S/C8H7ClN2/c1-6-5-11-3-2-7(9)4-8(11)10-6/h2-5H,1H3. The lowest BCUT2D eigenvalue weighted by atomic mass is 10.5. The fourth-order valence-corrected chi connectivity index (χ4v) is 1.24. The number of halogens is 1. The molecule has 3 heteroatoms. The molecule has 11 heavy (non-hydrogen) atoms. The molecule has 0 spiro atoms. The molecular weight excluding hydrogens is 160 g/mol. The summed E-state index contributed by atoms with van der Waals surface area (Å²) in [6.07, 6.45) is 3.86. The first-order valence-electron chi connectivity index (χ1n) is 3.36. The summed E-state index contributed by atoms with van der Waals surface area (Å²) in [4.78, 5) is 4.25. The summed E-state index contributed by atoms with van der Waals surface area (Å²) in [5.41, 5.74) is 1.90. The number of rotatable bonds is 0. The Morgan fingerprint density at radius 2 is 2.36 bits per heavy atom. The van der Waals surface area contributed by atoms with Gasteiger partial charge in [0.25, 0.3) is 0 Å². The zero-order chi connectivity index (χ0) is 7.84. The van der Waals surface area contributed by atoms with E-state index in [1.165, 1.54) is 0 Å². The number of hydrogen-bond donors (Lipinski definition) is 0. The molecule has 2 rings (SSSR count). The van der Waals surface area contributed by atoms with Crippen LogP contribution in [0.4, 0.5) is 0 Å². The minimum Gasteiger partial charge on any atom is -0.307 e. The normalized spacial score (nSPS) is 10.7. The van der Waals surface area contributed by atoms with Crippen molar-refractivity contribution in [2.45, 2.75) is 6.92 Å². The van der Waals surface area contributed by atoms with Gasteiger partial charge in [0.05, 0.1) is 5.69 Å². The van der Waals surface area contributed by atoms with E-state index in [0.29, 0.717) is 0 Å². The van der Waals surface area contributed by atoms with Crippen LogP contribution in [0.5, 0.6) is 0 Å². The summed E-state index contributed by atoms with van der Waals surface area (Å²) < 4.78 is 1.95. The number of nitrogens with zero attached hydrogens (tertiary/aromatic N) is 2. The summed E-state index contributed by atoms with van der Waals surface area (Å²) in [7, 11) is 0. The Balaban J connectivity index is 2.82. The van der Waals surface area contributed by atoms with Gasteiger partial charge in [-0.15, -0.1) is 0 Å². The number of pyridine rings is 1. The SMILES string of the molecule is Cc1cn2ccc(Cl)cc2n1. The zero-order valence-electron chi connectivity index (χ0n) is 6.08. The maximum Gasteiger partial charge on any atom is 0.138 e. The van der Waals surface area contributed by atoms with E-state index in [9.17, 15) is 0 Å². The van der Waals surface area contributed by atoms with Gasteiger partial charge in [-0.3, -0.25) is 0 Å². The second-order valence-electron chi connectivity index (χ2n) is 2.49. The lowest BCUT2D eigenvalue weighted by Crippen LogP contribution is -1.79. The fraction of sp³-hybridized carbons (Fsp3) is 0.125. The highest BCUT2D eigenvalue weighted by molar-refractivity contribution is 6.30. The molecule has 2 nitrogen and oxygen atoms in total. The molecule has 0 aliphatic rings. The highest BCUT2D eigenvalue weighted by Crippen LogP contribution is 2.11. The van der Waals surface area contributed by atoms with Crippen molar-refractivity contribution in [3.05, 3.63) is 35.2 Å². The van der Waals surface area contributed by atoms with Crippen LogP contribution >= 0.6 is 11.6 Å². The molecule has 0 fully saturated rings. The molecular formula is C8H7ClN2. The Morgan fingerprint density at radius 1 is 1.55 bits per heavy atom. The zero-order valence-corrected chi connectivity index (χ0v) is 6.84. The third kappa shape index (κ3) is 1.10. The molecule has 2 aromatic heterocycles. The minimum absolute atomic E-state index is 0.725. The molecule has 0 radical (unpaired) electrons. The Labute approximate surface area is 69.4 Å². The van der Waals surface area contributed by atoms with Gasteiger partial charge >= 0.3 is 0 Å². The van der Waals surface area contributed by atoms with Crippen LogP contribution in [-0.4, -0.2) is 9.38 Å². The fourth-order valence-electron chi connectivity index (χ4n) is 1.08. The number of aryl methyl sites for hydroxylation is 1. The second-order valence-corrected chi connectivity index (χ2v) is 2.93. The van der Waals surface area contributed by atoms with E-state index < -0.39 is 0 Å². The summed E-state index contributed by atoms with van der Waals surface area (Å²) in [6, 6.07) is 3.68. The van der Waals surface area contributed by atoms with Crippen molar-refractivity contribution >= 4 is 17.2 Å². The van der Waals surface area contributed by atoms with Crippen molar-refractivity contribution in [2.75, 3.05) is 0 Å². The van der Waals surface area contributed by atoms with Crippen LogP contribution < -0.4 is 0 Å². The second kappa shape index (κ2) is 2.24. The molecule has 0 atom stereocenters. The topological polar surface area (TPSA) is 17.3 Å². The summed E-state index contributed by atoms with van der Waals surface area (Å²) in [6.45, 7) is 1.96. The molecule has 0 saturated carbocycles. The summed E-state index contributed by atoms with van der Waals surface area (Å²) >= 11 is 5.77. The Kier molecular flexibility index (Phi) is 1.36. The molecule has 0 bridgehead atoms. The molecule has 0 aliphatic carbocycles. The first kappa shape index (κ1) is 6.68. The summed E-state index contributed by atoms with van der Waals surface area (Å²) in [5.74, 6) is 0. The van der Waals surface area contributed by atoms with Gasteiger partial charge in [0, 0.05) is 17.4 Å². The Bertz CT molecular complexity index is 392. The van der Waals surface area contributed by atoms with E-state index >= 15 is 0 Å². The van der Waals surface area contributed by atoms with Crippen LogP contribution in [0, 0.1) is 6.92 Å². The molecule has 0 amide bonds. The van der Waals surface area contributed by atoms with E-state index in [2.05, 4.69) is 4.98 Å². The average molecular weight is 167 g/mol. The van der Waals surface area contributed by atoms with Crippen molar-refractivity contribution in [1.29, 1.82) is 0 Å². The average Bonchev–Trinajstić information content (AvgIpc) is 2.27. The van der Waals surface area contributed by atoms with E-state index in [1.54, 1.807) is 0 Å². The minimum atomic E-state index is 0.725. The van der Waals surface area contributed by atoms with Gasteiger partial charge in [0.1, 0.15) is 5.65 Å². The highest BCUT2D eigenvalue weighted by atomic mass is 35.5. The first-order chi connectivity index (χ1) is 5.25. The van der Waals surface area contributed by atoms with E-state index in [-0.39, 0.29) is 0 Å². The third-order valence-corrected chi connectivity index (χ3v) is 1.78. The molecule has 2 heterocycles. The first-order valence-corrected chi connectivity index (χ1v) is 3.74. The van der Waals surface area contributed by atoms with Gasteiger partial charge in [0.2, 0.25) is 0 Å². The van der Waals surface area contributed by atoms with Crippen LogP contribution in [0.25, 0.3) is 5.65 Å². The molecule has 0 unspecified atom stereocenters. The number of imidazole rings is 1. The monoisotopic (exact) mass is 166 g/mol. The van der Waals surface area contributed by atoms with Gasteiger partial charge in [-0.25, -0.2) is 4.98 Å². The number of aromatic nitrogens is 2. The third-order valence-electron chi connectivity index (χ3n) is 1.54. The van der Waals surface area contributed by atoms with Crippen LogP contribution in [0.2, 0.25) is 5.02 Å². The molecule has 56 valence electrons. The van der Waals surface area contributed by atoms with Crippen LogP contribution in [0.15, 0.2) is 24.5 Å². The van der Waals surface area contributed by atoms with E-state index in [1.807, 2.05) is 35.9 Å². The van der Waals surface area contributed by atoms with Crippen molar-refractivity contribution in [3.8, 4) is 0 Å². The lowest BCUT2D eigenvalue weighted by Gasteiger charge is -1.90. The lowest BCUT2D eigenvalue weighted by molar-refractivity contribution is 1.18. The maximum atomic E-state index is 5.77. The maximum absolute atomic E-state index is 5.77. The van der Waals surface area contributed by atoms with Gasteiger partial charge in [-0.05, 0) is 19.1 Å². The molecule has 0 saturated heterocycles. The quantitative estimate of drug-likeness (QED) is 0.587. The van der Waals surface area contributed by atoms with Crippen LogP contribution in [0.1, 0.15) is 5.69 Å². The Hall–Kier alpha value is -1.02. The predicted octanol–water partition coefficient (Wildman–Crippen LogP) is 2.30. The van der Waals surface area contributed by atoms with E-state index in [4.69, 9.17) is 11.6 Å². The van der Waals surface area contributed by atoms with Gasteiger partial charge in [-0.2, -0.15) is 0 Å². The Morgan fingerprint density at radius 3 is 3.18 bits per heavy atom. The van der Waals surface area contributed by atoms with Crippen molar-refractivity contribution in [1.82, 2.24) is 9.38 Å². The molecule has 0 aliphatic heterocycles. The number of hydrogen-bond acceptors (Lipinski definition) is 1. The van der Waals surface area contributed by atoms with Crippen molar-refractivity contribution in [2.24, 2.45) is 0 Å². The predicted molar refractivity (Wildman–Crippen MR) is 44.9 cm³/mol. The largest absolute Gasteiger partial charge is 0.307 e. The highest BCUT2D eigenvalue weighted by Gasteiger charge is 1.96. The van der Waals surface area contributed by atoms with Crippen molar-refractivity contribution < 1.29 is 0 Å². The molecule has 2 aromatic rings. The number of fused-ring (bicyclic) bond motifs is 1.